The van der Waals surface area contributed by atoms with Crippen LogP contribution in [0.5, 0.6) is 0 Å². The first-order valence-electron chi connectivity index (χ1n) is 8.29. The minimum atomic E-state index is -1.09. The smallest absolute Gasteiger partial charge is 0.337 e. The summed E-state index contributed by atoms with van der Waals surface area (Å²) in [7, 11) is 0. The molecule has 0 unspecified atom stereocenters. The second-order valence-corrected chi connectivity index (χ2v) is 6.38. The van der Waals surface area contributed by atoms with Gasteiger partial charge in [0.2, 0.25) is 5.91 Å². The minimum absolute atomic E-state index is 0.00678. The number of carboxylic acids is 1. The van der Waals surface area contributed by atoms with E-state index in [-0.39, 0.29) is 28.8 Å². The molecular weight excluding hydrogens is 334 g/mol. The predicted molar refractivity (Wildman–Crippen MR) is 96.4 cm³/mol. The third kappa shape index (κ3) is 3.88. The second kappa shape index (κ2) is 6.95. The number of amides is 2. The highest BCUT2D eigenvalue weighted by atomic mass is 16.4. The van der Waals surface area contributed by atoms with Gasteiger partial charge in [0, 0.05) is 17.3 Å². The molecule has 0 aliphatic heterocycles. The quantitative estimate of drug-likeness (QED) is 0.766. The molecule has 2 amide bonds. The zero-order valence-corrected chi connectivity index (χ0v) is 14.5. The number of pyridine rings is 1. The van der Waals surface area contributed by atoms with E-state index < -0.39 is 11.9 Å². The van der Waals surface area contributed by atoms with Gasteiger partial charge >= 0.3 is 5.97 Å². The fourth-order valence-electron chi connectivity index (χ4n) is 2.52. The van der Waals surface area contributed by atoms with Gasteiger partial charge in [0.1, 0.15) is 5.69 Å². The third-order valence-corrected chi connectivity index (χ3v) is 4.25. The van der Waals surface area contributed by atoms with Gasteiger partial charge in [-0.2, -0.15) is 0 Å². The van der Waals surface area contributed by atoms with Crippen molar-refractivity contribution in [1.82, 2.24) is 4.98 Å². The SMILES string of the molecule is Cc1ccc(NC(=O)C2CC2)cc1NC(=O)c1ccc(C(=O)O)c(C)n1. The molecule has 1 aromatic carbocycles. The van der Waals surface area contributed by atoms with Crippen molar-refractivity contribution >= 4 is 29.2 Å². The van der Waals surface area contributed by atoms with E-state index in [1.54, 1.807) is 19.1 Å². The molecule has 7 heteroatoms. The lowest BCUT2D eigenvalue weighted by atomic mass is 10.1. The number of carbonyl (C=O) groups excluding carboxylic acids is 2. The number of hydrogen-bond donors (Lipinski definition) is 3. The van der Waals surface area contributed by atoms with Crippen molar-refractivity contribution < 1.29 is 19.5 Å². The molecule has 0 atom stereocenters. The van der Waals surface area contributed by atoms with Crippen LogP contribution in [0.4, 0.5) is 11.4 Å². The van der Waals surface area contributed by atoms with Crippen LogP contribution in [0.25, 0.3) is 0 Å². The highest BCUT2D eigenvalue weighted by Gasteiger charge is 2.29. The zero-order chi connectivity index (χ0) is 18.8. The van der Waals surface area contributed by atoms with E-state index in [0.29, 0.717) is 11.4 Å². The summed E-state index contributed by atoms with van der Waals surface area (Å²) in [5, 5.41) is 14.6. The third-order valence-electron chi connectivity index (χ3n) is 4.25. The number of carboxylic acid groups (broad SMARTS) is 1. The largest absolute Gasteiger partial charge is 0.478 e. The van der Waals surface area contributed by atoms with Crippen LogP contribution in [0.3, 0.4) is 0 Å². The number of anilines is 2. The van der Waals surface area contributed by atoms with Crippen LogP contribution in [-0.2, 0) is 4.79 Å². The maximum Gasteiger partial charge on any atom is 0.337 e. The number of aromatic nitrogens is 1. The van der Waals surface area contributed by atoms with Gasteiger partial charge in [-0.05, 0) is 56.5 Å². The van der Waals surface area contributed by atoms with Crippen molar-refractivity contribution in [2.24, 2.45) is 5.92 Å². The van der Waals surface area contributed by atoms with Crippen molar-refractivity contribution in [1.29, 1.82) is 0 Å². The standard InChI is InChI=1S/C19H19N3O4/c1-10-3-6-13(21-17(23)12-4-5-12)9-16(10)22-18(24)15-8-7-14(19(25)26)11(2)20-15/h3,6-9,12H,4-5H2,1-2H3,(H,21,23)(H,22,24)(H,25,26). The summed E-state index contributed by atoms with van der Waals surface area (Å²) in [5.41, 5.74) is 2.47. The van der Waals surface area contributed by atoms with E-state index in [4.69, 9.17) is 5.11 Å². The van der Waals surface area contributed by atoms with Gasteiger partial charge in [-0.15, -0.1) is 0 Å². The molecule has 1 heterocycles. The van der Waals surface area contributed by atoms with Crippen LogP contribution in [0.1, 0.15) is 44.9 Å². The summed E-state index contributed by atoms with van der Waals surface area (Å²) in [6.07, 6.45) is 1.83. The molecule has 1 aliphatic rings. The van der Waals surface area contributed by atoms with Gasteiger partial charge in [0.15, 0.2) is 0 Å². The molecule has 134 valence electrons. The first-order valence-corrected chi connectivity index (χ1v) is 8.29. The number of benzene rings is 1. The molecule has 0 spiro atoms. The Morgan fingerprint density at radius 3 is 2.42 bits per heavy atom. The number of rotatable bonds is 5. The Balaban J connectivity index is 1.77. The number of carbonyl (C=O) groups is 3. The first kappa shape index (κ1) is 17.6. The monoisotopic (exact) mass is 353 g/mol. The van der Waals surface area contributed by atoms with Crippen molar-refractivity contribution in [3.8, 4) is 0 Å². The van der Waals surface area contributed by atoms with Gasteiger partial charge in [-0.3, -0.25) is 9.59 Å². The Morgan fingerprint density at radius 1 is 1.08 bits per heavy atom. The molecule has 3 N–H and O–H groups in total. The molecule has 1 fully saturated rings. The summed E-state index contributed by atoms with van der Waals surface area (Å²) >= 11 is 0. The van der Waals surface area contributed by atoms with Crippen LogP contribution in [-0.4, -0.2) is 27.9 Å². The normalized spacial score (nSPS) is 13.2. The maximum absolute atomic E-state index is 12.4. The summed E-state index contributed by atoms with van der Waals surface area (Å²) in [6.45, 7) is 3.38. The maximum atomic E-state index is 12.4. The van der Waals surface area contributed by atoms with E-state index in [0.717, 1.165) is 18.4 Å². The lowest BCUT2D eigenvalue weighted by molar-refractivity contribution is -0.117. The van der Waals surface area contributed by atoms with Crippen molar-refractivity contribution in [2.75, 3.05) is 10.6 Å². The molecule has 1 aromatic heterocycles. The Kier molecular flexibility index (Phi) is 4.71. The lowest BCUT2D eigenvalue weighted by Gasteiger charge is -2.12. The topological polar surface area (TPSA) is 108 Å². The summed E-state index contributed by atoms with van der Waals surface area (Å²) in [5.74, 6) is -1.45. The van der Waals surface area contributed by atoms with Crippen LogP contribution >= 0.6 is 0 Å². The summed E-state index contributed by atoms with van der Waals surface area (Å²) in [4.78, 5) is 39.4. The fraction of sp³-hybridized carbons (Fsp3) is 0.263. The van der Waals surface area contributed by atoms with Crippen molar-refractivity contribution in [2.45, 2.75) is 26.7 Å². The van der Waals surface area contributed by atoms with Gasteiger partial charge in [0.25, 0.3) is 5.91 Å². The van der Waals surface area contributed by atoms with Gasteiger partial charge < -0.3 is 15.7 Å². The Bertz CT molecular complexity index is 904. The van der Waals surface area contributed by atoms with Gasteiger partial charge in [0.05, 0.1) is 11.3 Å². The van der Waals surface area contributed by atoms with Crippen molar-refractivity contribution in [3.63, 3.8) is 0 Å². The van der Waals surface area contributed by atoms with E-state index in [1.165, 1.54) is 12.1 Å². The van der Waals surface area contributed by atoms with Crippen LogP contribution < -0.4 is 10.6 Å². The fourth-order valence-corrected chi connectivity index (χ4v) is 2.52. The summed E-state index contributed by atoms with van der Waals surface area (Å²) in [6, 6.07) is 8.03. The molecule has 0 bridgehead atoms. The van der Waals surface area contributed by atoms with E-state index in [2.05, 4.69) is 15.6 Å². The molecule has 0 saturated heterocycles. The van der Waals surface area contributed by atoms with Crippen LogP contribution in [0, 0.1) is 19.8 Å². The number of hydrogen-bond acceptors (Lipinski definition) is 4. The van der Waals surface area contributed by atoms with E-state index in [1.807, 2.05) is 13.0 Å². The van der Waals surface area contributed by atoms with Gasteiger partial charge in [-0.1, -0.05) is 6.07 Å². The highest BCUT2D eigenvalue weighted by molar-refractivity contribution is 6.04. The first-order chi connectivity index (χ1) is 12.3. The van der Waals surface area contributed by atoms with E-state index >= 15 is 0 Å². The molecule has 26 heavy (non-hydrogen) atoms. The van der Waals surface area contributed by atoms with E-state index in [9.17, 15) is 14.4 Å². The Morgan fingerprint density at radius 2 is 1.81 bits per heavy atom. The average molecular weight is 353 g/mol. The molecular formula is C19H19N3O4. The lowest BCUT2D eigenvalue weighted by Crippen LogP contribution is -2.17. The number of nitrogens with zero attached hydrogens (tertiary/aromatic N) is 1. The number of aromatic carboxylic acids is 1. The van der Waals surface area contributed by atoms with Crippen LogP contribution in [0.15, 0.2) is 30.3 Å². The van der Waals surface area contributed by atoms with Gasteiger partial charge in [-0.25, -0.2) is 9.78 Å². The number of aryl methyl sites for hydroxylation is 2. The molecule has 1 aliphatic carbocycles. The second-order valence-electron chi connectivity index (χ2n) is 6.38. The molecule has 3 rings (SSSR count). The average Bonchev–Trinajstić information content (AvgIpc) is 3.42. The highest BCUT2D eigenvalue weighted by Crippen LogP contribution is 2.31. The number of nitrogens with one attached hydrogen (secondary N) is 2. The predicted octanol–water partition coefficient (Wildman–Crippen LogP) is 3.00. The molecule has 2 aromatic rings. The van der Waals surface area contributed by atoms with Crippen LogP contribution in [0.2, 0.25) is 0 Å². The zero-order valence-electron chi connectivity index (χ0n) is 14.5. The Hall–Kier alpha value is -3.22. The Labute approximate surface area is 150 Å². The molecule has 7 nitrogen and oxygen atoms in total. The summed E-state index contributed by atoms with van der Waals surface area (Å²) < 4.78 is 0. The molecule has 1 saturated carbocycles. The van der Waals surface area contributed by atoms with Crippen molar-refractivity contribution in [3.05, 3.63) is 52.8 Å². The molecule has 0 radical (unpaired) electrons. The minimum Gasteiger partial charge on any atom is -0.478 e.